The number of hydrogen-bond donors (Lipinski definition) is 2. The van der Waals surface area contributed by atoms with Crippen LogP contribution >= 0.6 is 0 Å². The first-order valence-electron chi connectivity index (χ1n) is 5.62. The van der Waals surface area contributed by atoms with Crippen LogP contribution in [-0.4, -0.2) is 23.9 Å². The van der Waals surface area contributed by atoms with Crippen LogP contribution in [0.25, 0.3) is 0 Å². The van der Waals surface area contributed by atoms with E-state index < -0.39 is 12.0 Å². The summed E-state index contributed by atoms with van der Waals surface area (Å²) in [6.07, 6.45) is 2.10. The lowest BCUT2D eigenvalue weighted by molar-refractivity contribution is -0.139. The summed E-state index contributed by atoms with van der Waals surface area (Å²) in [5, 5.41) is 12.3. The summed E-state index contributed by atoms with van der Waals surface area (Å²) in [5.41, 5.74) is 0.702. The summed E-state index contributed by atoms with van der Waals surface area (Å²) in [6.45, 7) is 0.201. The van der Waals surface area contributed by atoms with Gasteiger partial charge in [0.05, 0.1) is 0 Å². The predicted octanol–water partition coefficient (Wildman–Crippen LogP) is 1.29. The van der Waals surface area contributed by atoms with Gasteiger partial charge >= 0.3 is 5.97 Å². The van der Waals surface area contributed by atoms with Gasteiger partial charge in [0.2, 0.25) is 6.79 Å². The third-order valence-electron chi connectivity index (χ3n) is 2.96. The Balaban J connectivity index is 1.86. The van der Waals surface area contributed by atoms with Gasteiger partial charge in [0.1, 0.15) is 6.04 Å². The minimum Gasteiger partial charge on any atom is -0.480 e. The highest BCUT2D eigenvalue weighted by atomic mass is 16.7. The largest absolute Gasteiger partial charge is 0.480 e. The van der Waals surface area contributed by atoms with Crippen LogP contribution in [0.4, 0.5) is 0 Å². The van der Waals surface area contributed by atoms with Crippen molar-refractivity contribution in [2.24, 2.45) is 0 Å². The highest BCUT2D eigenvalue weighted by Gasteiger charge is 2.30. The zero-order valence-corrected chi connectivity index (χ0v) is 9.18. The smallest absolute Gasteiger partial charge is 0.325 e. The van der Waals surface area contributed by atoms with Gasteiger partial charge in [-0.15, -0.1) is 0 Å². The maximum Gasteiger partial charge on any atom is 0.325 e. The van der Waals surface area contributed by atoms with E-state index in [4.69, 9.17) is 9.47 Å². The molecule has 0 aromatic heterocycles. The summed E-state index contributed by atoms with van der Waals surface area (Å²) in [6, 6.07) is 4.92. The summed E-state index contributed by atoms with van der Waals surface area (Å²) in [7, 11) is 0. The number of ether oxygens (including phenoxy) is 2. The summed E-state index contributed by atoms with van der Waals surface area (Å²) in [4.78, 5) is 11.2. The van der Waals surface area contributed by atoms with Crippen LogP contribution in [-0.2, 0) is 4.79 Å². The molecule has 0 bridgehead atoms. The molecule has 5 heteroatoms. The summed E-state index contributed by atoms with van der Waals surface area (Å²) >= 11 is 0. The van der Waals surface area contributed by atoms with E-state index >= 15 is 0 Å². The Bertz CT molecular complexity index is 456. The van der Waals surface area contributed by atoms with Gasteiger partial charge in [-0.05, 0) is 30.5 Å². The highest BCUT2D eigenvalue weighted by molar-refractivity contribution is 5.76. The second-order valence-corrected chi connectivity index (χ2v) is 4.32. The monoisotopic (exact) mass is 235 g/mol. The van der Waals surface area contributed by atoms with E-state index in [0.717, 1.165) is 12.8 Å². The first-order valence-corrected chi connectivity index (χ1v) is 5.62. The molecule has 1 atom stereocenters. The van der Waals surface area contributed by atoms with Gasteiger partial charge in [-0.25, -0.2) is 0 Å². The van der Waals surface area contributed by atoms with Crippen molar-refractivity contribution in [2.75, 3.05) is 6.79 Å². The molecular formula is C12H13NO4. The maximum atomic E-state index is 11.2. The minimum absolute atomic E-state index is 0.201. The second-order valence-electron chi connectivity index (χ2n) is 4.32. The van der Waals surface area contributed by atoms with Gasteiger partial charge in [-0.3, -0.25) is 10.1 Å². The molecule has 0 radical (unpaired) electrons. The van der Waals surface area contributed by atoms with Crippen molar-refractivity contribution >= 4 is 5.97 Å². The number of nitrogens with one attached hydrogen (secondary N) is 1. The molecule has 2 aliphatic rings. The molecule has 90 valence electrons. The minimum atomic E-state index is -0.865. The molecule has 1 heterocycles. The Morgan fingerprint density at radius 3 is 2.82 bits per heavy atom. The van der Waals surface area contributed by atoms with Crippen LogP contribution in [0.5, 0.6) is 11.5 Å². The van der Waals surface area contributed by atoms with Gasteiger partial charge in [-0.2, -0.15) is 0 Å². The first-order chi connectivity index (χ1) is 8.24. The number of benzene rings is 1. The van der Waals surface area contributed by atoms with Gasteiger partial charge in [0, 0.05) is 6.04 Å². The van der Waals surface area contributed by atoms with E-state index in [1.165, 1.54) is 0 Å². The first kappa shape index (κ1) is 10.4. The van der Waals surface area contributed by atoms with Gasteiger partial charge in [0.25, 0.3) is 0 Å². The van der Waals surface area contributed by atoms with Gasteiger partial charge < -0.3 is 14.6 Å². The van der Waals surface area contributed by atoms with Crippen LogP contribution in [0.1, 0.15) is 24.4 Å². The lowest BCUT2D eigenvalue weighted by Crippen LogP contribution is -2.30. The molecule has 1 unspecified atom stereocenters. The molecule has 1 aromatic carbocycles. The fraction of sp³-hybridized carbons (Fsp3) is 0.417. The Morgan fingerprint density at radius 2 is 2.12 bits per heavy atom. The fourth-order valence-electron chi connectivity index (χ4n) is 1.89. The van der Waals surface area contributed by atoms with E-state index in [2.05, 4.69) is 5.32 Å². The summed E-state index contributed by atoms with van der Waals surface area (Å²) in [5.74, 6) is 0.423. The zero-order chi connectivity index (χ0) is 11.8. The summed E-state index contributed by atoms with van der Waals surface area (Å²) < 4.78 is 10.4. The number of fused-ring (bicyclic) bond motifs is 1. The molecular weight excluding hydrogens is 222 g/mol. The SMILES string of the molecule is O=C(O)C(NC1CC1)c1ccc2c(c1)OCO2. The second kappa shape index (κ2) is 3.92. The molecule has 1 aliphatic carbocycles. The Morgan fingerprint density at radius 1 is 1.35 bits per heavy atom. The van der Waals surface area contributed by atoms with Crippen molar-refractivity contribution in [1.82, 2.24) is 5.32 Å². The number of carboxylic acids is 1. The van der Waals surface area contributed by atoms with Crippen LogP contribution in [0.15, 0.2) is 18.2 Å². The van der Waals surface area contributed by atoms with Crippen LogP contribution in [0.3, 0.4) is 0 Å². The average molecular weight is 235 g/mol. The van der Waals surface area contributed by atoms with E-state index in [1.807, 2.05) is 0 Å². The topological polar surface area (TPSA) is 67.8 Å². The number of carboxylic acid groups (broad SMARTS) is 1. The van der Waals surface area contributed by atoms with E-state index in [-0.39, 0.29) is 6.79 Å². The van der Waals surface area contributed by atoms with Crippen molar-refractivity contribution in [3.63, 3.8) is 0 Å². The zero-order valence-electron chi connectivity index (χ0n) is 9.18. The van der Waals surface area contributed by atoms with E-state index in [1.54, 1.807) is 18.2 Å². The lowest BCUT2D eigenvalue weighted by atomic mass is 10.1. The van der Waals surface area contributed by atoms with E-state index in [0.29, 0.717) is 23.1 Å². The molecule has 1 aliphatic heterocycles. The average Bonchev–Trinajstić information content (AvgIpc) is 3.01. The number of rotatable bonds is 4. The molecule has 5 nitrogen and oxygen atoms in total. The van der Waals surface area contributed by atoms with Crippen molar-refractivity contribution < 1.29 is 19.4 Å². The van der Waals surface area contributed by atoms with E-state index in [9.17, 15) is 9.90 Å². The van der Waals surface area contributed by atoms with Crippen molar-refractivity contribution in [2.45, 2.75) is 24.9 Å². The number of hydrogen-bond acceptors (Lipinski definition) is 4. The standard InChI is InChI=1S/C12H13NO4/c14-12(15)11(13-8-2-3-8)7-1-4-9-10(5-7)17-6-16-9/h1,4-5,8,11,13H,2-3,6H2,(H,14,15). The molecule has 3 rings (SSSR count). The van der Waals surface area contributed by atoms with Crippen molar-refractivity contribution in [3.05, 3.63) is 23.8 Å². The predicted molar refractivity (Wildman–Crippen MR) is 59.1 cm³/mol. The van der Waals surface area contributed by atoms with Crippen LogP contribution < -0.4 is 14.8 Å². The molecule has 1 aromatic rings. The van der Waals surface area contributed by atoms with Crippen molar-refractivity contribution in [1.29, 1.82) is 0 Å². The quantitative estimate of drug-likeness (QED) is 0.823. The highest BCUT2D eigenvalue weighted by Crippen LogP contribution is 2.35. The molecule has 0 saturated heterocycles. The molecule has 1 saturated carbocycles. The Labute approximate surface area is 98.3 Å². The third-order valence-corrected chi connectivity index (χ3v) is 2.96. The number of carbonyl (C=O) groups is 1. The van der Waals surface area contributed by atoms with Crippen LogP contribution in [0, 0.1) is 0 Å². The van der Waals surface area contributed by atoms with Gasteiger partial charge in [-0.1, -0.05) is 6.07 Å². The molecule has 17 heavy (non-hydrogen) atoms. The molecule has 2 N–H and O–H groups in total. The normalized spacial score (nSPS) is 19.1. The van der Waals surface area contributed by atoms with Gasteiger partial charge in [0.15, 0.2) is 11.5 Å². The fourth-order valence-corrected chi connectivity index (χ4v) is 1.89. The Kier molecular flexibility index (Phi) is 2.40. The molecule has 1 fully saturated rings. The molecule has 0 spiro atoms. The van der Waals surface area contributed by atoms with Crippen LogP contribution in [0.2, 0.25) is 0 Å². The molecule has 0 amide bonds. The maximum absolute atomic E-state index is 11.2. The number of aliphatic carboxylic acids is 1. The Hall–Kier alpha value is -1.75. The van der Waals surface area contributed by atoms with Crippen molar-refractivity contribution in [3.8, 4) is 11.5 Å². The third kappa shape index (κ3) is 2.06. The lowest BCUT2D eigenvalue weighted by Gasteiger charge is -2.14.